The van der Waals surface area contributed by atoms with Gasteiger partial charge in [-0.25, -0.2) is 0 Å². The summed E-state index contributed by atoms with van der Waals surface area (Å²) >= 11 is 3.25. The molecule has 0 amide bonds. The lowest BCUT2D eigenvalue weighted by atomic mass is 10.1. The van der Waals surface area contributed by atoms with Crippen LogP contribution in [0.25, 0.3) is 0 Å². The SMILES string of the molecule is O=[N+]([O-])c1cc(Br)ccc1NCCC1=CCNCC1. The Kier molecular flexibility index (Phi) is 4.93. The molecule has 0 atom stereocenters. The van der Waals surface area contributed by atoms with Crippen molar-refractivity contribution in [1.82, 2.24) is 5.32 Å². The summed E-state index contributed by atoms with van der Waals surface area (Å²) in [6.07, 6.45) is 4.18. The molecule has 102 valence electrons. The van der Waals surface area contributed by atoms with Crippen LogP contribution in [0.4, 0.5) is 11.4 Å². The molecular weight excluding hydrogens is 310 g/mol. The van der Waals surface area contributed by atoms with Crippen molar-refractivity contribution in [2.24, 2.45) is 0 Å². The second-order valence-corrected chi connectivity index (χ2v) is 5.33. The van der Waals surface area contributed by atoms with Gasteiger partial charge in [0.1, 0.15) is 5.69 Å². The lowest BCUT2D eigenvalue weighted by molar-refractivity contribution is -0.384. The van der Waals surface area contributed by atoms with E-state index in [-0.39, 0.29) is 10.6 Å². The topological polar surface area (TPSA) is 67.2 Å². The van der Waals surface area contributed by atoms with Gasteiger partial charge in [-0.3, -0.25) is 10.1 Å². The van der Waals surface area contributed by atoms with Crippen molar-refractivity contribution in [3.8, 4) is 0 Å². The molecule has 0 aliphatic carbocycles. The first-order valence-electron chi connectivity index (χ1n) is 6.23. The Balaban J connectivity index is 1.95. The molecule has 1 aromatic carbocycles. The fraction of sp³-hybridized carbons (Fsp3) is 0.385. The zero-order chi connectivity index (χ0) is 13.7. The molecule has 0 spiro atoms. The molecule has 5 nitrogen and oxygen atoms in total. The van der Waals surface area contributed by atoms with Crippen molar-refractivity contribution in [3.63, 3.8) is 0 Å². The standard InChI is InChI=1S/C13H16BrN3O2/c14-11-1-2-12(13(9-11)17(18)19)16-8-5-10-3-6-15-7-4-10/h1-3,9,15-16H,4-8H2. The number of rotatable bonds is 5. The summed E-state index contributed by atoms with van der Waals surface area (Å²) in [5, 5.41) is 17.4. The normalized spacial score (nSPS) is 14.9. The second-order valence-electron chi connectivity index (χ2n) is 4.41. The maximum atomic E-state index is 11.0. The Bertz CT molecular complexity index is 503. The van der Waals surface area contributed by atoms with Gasteiger partial charge in [-0.1, -0.05) is 27.6 Å². The van der Waals surface area contributed by atoms with Crippen molar-refractivity contribution in [2.45, 2.75) is 12.8 Å². The molecule has 1 aliphatic heterocycles. The second kappa shape index (κ2) is 6.68. The first-order valence-corrected chi connectivity index (χ1v) is 7.02. The maximum absolute atomic E-state index is 11.0. The Labute approximate surface area is 120 Å². The molecule has 0 fully saturated rings. The van der Waals surface area contributed by atoms with Crippen LogP contribution in [0.15, 0.2) is 34.3 Å². The monoisotopic (exact) mass is 325 g/mol. The molecule has 1 aliphatic rings. The summed E-state index contributed by atoms with van der Waals surface area (Å²) < 4.78 is 0.714. The molecular formula is C13H16BrN3O2. The minimum Gasteiger partial charge on any atom is -0.379 e. The van der Waals surface area contributed by atoms with Gasteiger partial charge in [-0.15, -0.1) is 0 Å². The van der Waals surface area contributed by atoms with Crippen molar-refractivity contribution >= 4 is 27.3 Å². The van der Waals surface area contributed by atoms with Gasteiger partial charge in [0.15, 0.2) is 0 Å². The van der Waals surface area contributed by atoms with E-state index in [9.17, 15) is 10.1 Å². The molecule has 0 aromatic heterocycles. The molecule has 0 unspecified atom stereocenters. The molecule has 0 radical (unpaired) electrons. The van der Waals surface area contributed by atoms with Crippen LogP contribution in [-0.4, -0.2) is 24.6 Å². The van der Waals surface area contributed by atoms with Gasteiger partial charge in [0.05, 0.1) is 4.92 Å². The number of halogens is 1. The van der Waals surface area contributed by atoms with Crippen LogP contribution >= 0.6 is 15.9 Å². The van der Waals surface area contributed by atoms with Gasteiger partial charge in [0.2, 0.25) is 0 Å². The molecule has 1 aromatic rings. The Morgan fingerprint density at radius 1 is 1.47 bits per heavy atom. The van der Waals surface area contributed by atoms with Gasteiger partial charge in [-0.05, 0) is 31.5 Å². The number of hydrogen-bond donors (Lipinski definition) is 2. The number of benzene rings is 1. The van der Waals surface area contributed by atoms with Crippen LogP contribution < -0.4 is 10.6 Å². The van der Waals surface area contributed by atoms with E-state index in [1.165, 1.54) is 11.6 Å². The third-order valence-corrected chi connectivity index (χ3v) is 3.57. The van der Waals surface area contributed by atoms with Crippen LogP contribution in [0, 0.1) is 10.1 Å². The van der Waals surface area contributed by atoms with E-state index in [0.717, 1.165) is 25.9 Å². The van der Waals surface area contributed by atoms with E-state index in [0.29, 0.717) is 16.7 Å². The summed E-state index contributed by atoms with van der Waals surface area (Å²) in [4.78, 5) is 10.6. The van der Waals surface area contributed by atoms with Gasteiger partial charge in [0.25, 0.3) is 5.69 Å². The Morgan fingerprint density at radius 3 is 3.00 bits per heavy atom. The van der Waals surface area contributed by atoms with Crippen molar-refractivity contribution < 1.29 is 4.92 Å². The van der Waals surface area contributed by atoms with Gasteiger partial charge >= 0.3 is 0 Å². The highest BCUT2D eigenvalue weighted by Gasteiger charge is 2.13. The lowest BCUT2D eigenvalue weighted by Crippen LogP contribution is -2.21. The molecule has 2 rings (SSSR count). The lowest BCUT2D eigenvalue weighted by Gasteiger charge is -2.14. The molecule has 0 saturated heterocycles. The van der Waals surface area contributed by atoms with Gasteiger partial charge in [-0.2, -0.15) is 0 Å². The van der Waals surface area contributed by atoms with Crippen molar-refractivity contribution in [3.05, 3.63) is 44.4 Å². The van der Waals surface area contributed by atoms with E-state index in [2.05, 4.69) is 32.6 Å². The first-order chi connectivity index (χ1) is 9.16. The molecule has 2 N–H and O–H groups in total. The fourth-order valence-electron chi connectivity index (χ4n) is 2.06. The number of nitro benzene ring substituents is 1. The first kappa shape index (κ1) is 14.0. The van der Waals surface area contributed by atoms with E-state index in [1.54, 1.807) is 12.1 Å². The summed E-state index contributed by atoms with van der Waals surface area (Å²) in [6.45, 7) is 2.66. The van der Waals surface area contributed by atoms with Gasteiger partial charge < -0.3 is 10.6 Å². The number of nitrogens with zero attached hydrogens (tertiary/aromatic N) is 1. The van der Waals surface area contributed by atoms with Crippen LogP contribution in [0.2, 0.25) is 0 Å². The fourth-order valence-corrected chi connectivity index (χ4v) is 2.41. The summed E-state index contributed by atoms with van der Waals surface area (Å²) in [6, 6.07) is 5.06. The number of anilines is 1. The van der Waals surface area contributed by atoms with E-state index < -0.39 is 0 Å². The molecule has 0 saturated carbocycles. The molecule has 0 bridgehead atoms. The number of nitrogens with one attached hydrogen (secondary N) is 2. The summed E-state index contributed by atoms with van der Waals surface area (Å²) in [5.74, 6) is 0. The predicted molar refractivity (Wildman–Crippen MR) is 79.5 cm³/mol. The number of hydrogen-bond acceptors (Lipinski definition) is 4. The van der Waals surface area contributed by atoms with Gasteiger partial charge in [0, 0.05) is 23.6 Å². The third kappa shape index (κ3) is 4.04. The zero-order valence-corrected chi connectivity index (χ0v) is 12.1. The quantitative estimate of drug-likeness (QED) is 0.496. The van der Waals surface area contributed by atoms with Crippen molar-refractivity contribution in [2.75, 3.05) is 25.0 Å². The average Bonchev–Trinajstić information content (AvgIpc) is 2.41. The number of nitro groups is 1. The van der Waals surface area contributed by atoms with E-state index >= 15 is 0 Å². The summed E-state index contributed by atoms with van der Waals surface area (Å²) in [5.41, 5.74) is 2.09. The highest BCUT2D eigenvalue weighted by atomic mass is 79.9. The predicted octanol–water partition coefficient (Wildman–Crippen LogP) is 3.08. The molecule has 19 heavy (non-hydrogen) atoms. The Hall–Kier alpha value is -1.40. The molecule has 1 heterocycles. The smallest absolute Gasteiger partial charge is 0.293 e. The largest absolute Gasteiger partial charge is 0.379 e. The van der Waals surface area contributed by atoms with Crippen LogP contribution in [0.1, 0.15) is 12.8 Å². The minimum atomic E-state index is -0.364. The highest BCUT2D eigenvalue weighted by Crippen LogP contribution is 2.28. The van der Waals surface area contributed by atoms with Crippen LogP contribution in [0.5, 0.6) is 0 Å². The Morgan fingerprint density at radius 2 is 2.32 bits per heavy atom. The third-order valence-electron chi connectivity index (χ3n) is 3.08. The average molecular weight is 326 g/mol. The maximum Gasteiger partial charge on any atom is 0.293 e. The highest BCUT2D eigenvalue weighted by molar-refractivity contribution is 9.10. The zero-order valence-electron chi connectivity index (χ0n) is 10.5. The van der Waals surface area contributed by atoms with Crippen LogP contribution in [0.3, 0.4) is 0 Å². The molecule has 6 heteroatoms. The van der Waals surface area contributed by atoms with E-state index in [1.807, 2.05) is 0 Å². The van der Waals surface area contributed by atoms with Crippen LogP contribution in [-0.2, 0) is 0 Å². The van der Waals surface area contributed by atoms with E-state index in [4.69, 9.17) is 0 Å². The summed E-state index contributed by atoms with van der Waals surface area (Å²) in [7, 11) is 0. The van der Waals surface area contributed by atoms with Crippen molar-refractivity contribution in [1.29, 1.82) is 0 Å². The minimum absolute atomic E-state index is 0.105.